The third kappa shape index (κ3) is 2.12. The normalized spacial score (nSPS) is 26.9. The van der Waals surface area contributed by atoms with Crippen molar-refractivity contribution in [2.75, 3.05) is 13.1 Å². The summed E-state index contributed by atoms with van der Waals surface area (Å²) >= 11 is 0. The highest BCUT2D eigenvalue weighted by atomic mass is 16.4. The minimum Gasteiger partial charge on any atom is -0.481 e. The van der Waals surface area contributed by atoms with Crippen LogP contribution in [0.4, 0.5) is 0 Å². The molecule has 2 aliphatic rings. The van der Waals surface area contributed by atoms with Gasteiger partial charge in [0.2, 0.25) is 0 Å². The summed E-state index contributed by atoms with van der Waals surface area (Å²) in [5.74, 6) is -0.677. The molecule has 23 heavy (non-hydrogen) atoms. The molecule has 1 aromatic heterocycles. The van der Waals surface area contributed by atoms with Crippen LogP contribution < -0.4 is 0 Å². The van der Waals surface area contributed by atoms with Gasteiger partial charge in [-0.1, -0.05) is 18.2 Å². The zero-order valence-electron chi connectivity index (χ0n) is 13.4. The number of benzene rings is 1. The largest absolute Gasteiger partial charge is 0.481 e. The van der Waals surface area contributed by atoms with E-state index in [9.17, 15) is 9.90 Å². The smallest absolute Gasteiger partial charge is 0.307 e. The zero-order chi connectivity index (χ0) is 16.1. The molecular weight excluding hydrogens is 288 g/mol. The Morgan fingerprint density at radius 2 is 2.30 bits per heavy atom. The van der Waals surface area contributed by atoms with Gasteiger partial charge in [0, 0.05) is 49.2 Å². The van der Waals surface area contributed by atoms with Gasteiger partial charge in [0.1, 0.15) is 0 Å². The molecule has 4 heteroatoms. The minimum absolute atomic E-state index is 0.295. The van der Waals surface area contributed by atoms with Crippen LogP contribution in [0.15, 0.2) is 37.1 Å². The van der Waals surface area contributed by atoms with Crippen LogP contribution in [0.25, 0.3) is 10.9 Å². The highest BCUT2D eigenvalue weighted by molar-refractivity contribution is 5.89. The summed E-state index contributed by atoms with van der Waals surface area (Å²) in [5, 5.41) is 10.9. The molecule has 0 bridgehead atoms. The van der Waals surface area contributed by atoms with Gasteiger partial charge in [-0.05, 0) is 30.0 Å². The van der Waals surface area contributed by atoms with E-state index in [-0.39, 0.29) is 5.92 Å². The molecular formula is C19H22N2O2. The lowest BCUT2D eigenvalue weighted by Crippen LogP contribution is -2.51. The number of rotatable bonds is 3. The molecule has 1 saturated heterocycles. The summed E-state index contributed by atoms with van der Waals surface area (Å²) in [6.45, 7) is 5.23. The number of carbonyl (C=O) groups is 1. The molecule has 2 aromatic rings. The number of aryl methyl sites for hydroxylation is 1. The quantitative estimate of drug-likeness (QED) is 0.887. The lowest BCUT2D eigenvalue weighted by atomic mass is 9.72. The zero-order valence-corrected chi connectivity index (χ0v) is 13.4. The topological polar surface area (TPSA) is 45.5 Å². The fraction of sp³-hybridized carbons (Fsp3) is 0.421. The van der Waals surface area contributed by atoms with E-state index in [0.29, 0.717) is 18.5 Å². The molecule has 3 atom stereocenters. The maximum atomic E-state index is 11.6. The number of nitrogens with zero attached hydrogens (tertiary/aromatic N) is 2. The first-order valence-electron chi connectivity index (χ1n) is 8.24. The molecule has 4 rings (SSSR count). The van der Waals surface area contributed by atoms with E-state index in [2.05, 4.69) is 47.5 Å². The summed E-state index contributed by atoms with van der Waals surface area (Å²) in [6.07, 6.45) is 5.86. The second-order valence-corrected chi connectivity index (χ2v) is 6.90. The van der Waals surface area contributed by atoms with Crippen molar-refractivity contribution in [1.29, 1.82) is 0 Å². The first-order valence-corrected chi connectivity index (χ1v) is 8.24. The SMILES string of the molecule is C=CCN1CC(C(=O)O)C[C@@H]2c3cccc4c3c(cn4C)C[C@H]21. The van der Waals surface area contributed by atoms with Crippen molar-refractivity contribution in [3.63, 3.8) is 0 Å². The molecule has 4 nitrogen and oxygen atoms in total. The van der Waals surface area contributed by atoms with Gasteiger partial charge < -0.3 is 9.67 Å². The Labute approximate surface area is 136 Å². The van der Waals surface area contributed by atoms with Crippen molar-refractivity contribution in [3.05, 3.63) is 48.2 Å². The van der Waals surface area contributed by atoms with E-state index < -0.39 is 5.97 Å². The van der Waals surface area contributed by atoms with E-state index in [1.807, 2.05) is 6.08 Å². The van der Waals surface area contributed by atoms with E-state index in [0.717, 1.165) is 19.4 Å². The lowest BCUT2D eigenvalue weighted by molar-refractivity contribution is -0.144. The second kappa shape index (κ2) is 5.24. The van der Waals surface area contributed by atoms with E-state index >= 15 is 0 Å². The first kappa shape index (κ1) is 14.5. The van der Waals surface area contributed by atoms with Crippen molar-refractivity contribution in [2.24, 2.45) is 13.0 Å². The molecule has 1 unspecified atom stereocenters. The number of carboxylic acids is 1. The number of hydrogen-bond donors (Lipinski definition) is 1. The highest BCUT2D eigenvalue weighted by Gasteiger charge is 2.42. The molecule has 0 spiro atoms. The Morgan fingerprint density at radius 1 is 1.48 bits per heavy atom. The summed E-state index contributed by atoms with van der Waals surface area (Å²) in [6, 6.07) is 6.83. The number of aromatic nitrogens is 1. The second-order valence-electron chi connectivity index (χ2n) is 6.90. The summed E-state index contributed by atoms with van der Waals surface area (Å²) in [4.78, 5) is 13.9. The van der Waals surface area contributed by atoms with Gasteiger partial charge in [-0.25, -0.2) is 0 Å². The summed E-state index contributed by atoms with van der Waals surface area (Å²) in [5.41, 5.74) is 3.97. The van der Waals surface area contributed by atoms with Crippen molar-refractivity contribution >= 4 is 16.9 Å². The number of hydrogen-bond acceptors (Lipinski definition) is 2. The number of carboxylic acid groups (broad SMARTS) is 1. The molecule has 0 amide bonds. The third-order valence-electron chi connectivity index (χ3n) is 5.59. The molecule has 1 aromatic carbocycles. The predicted molar refractivity (Wildman–Crippen MR) is 90.7 cm³/mol. The van der Waals surface area contributed by atoms with Gasteiger partial charge in [0.25, 0.3) is 0 Å². The van der Waals surface area contributed by atoms with Crippen molar-refractivity contribution in [3.8, 4) is 0 Å². The molecule has 0 saturated carbocycles. The third-order valence-corrected chi connectivity index (χ3v) is 5.59. The number of fused-ring (bicyclic) bond motifs is 2. The minimum atomic E-state index is -0.677. The summed E-state index contributed by atoms with van der Waals surface area (Å²) in [7, 11) is 2.09. The number of aliphatic carboxylic acids is 1. The lowest BCUT2D eigenvalue weighted by Gasteiger charge is -2.45. The van der Waals surface area contributed by atoms with Gasteiger partial charge >= 0.3 is 5.97 Å². The van der Waals surface area contributed by atoms with E-state index in [4.69, 9.17) is 0 Å². The van der Waals surface area contributed by atoms with Gasteiger partial charge in [0.05, 0.1) is 5.92 Å². The molecule has 2 heterocycles. The Balaban J connectivity index is 1.84. The predicted octanol–water partition coefficient (Wildman–Crippen LogP) is 2.78. The number of likely N-dealkylation sites (tertiary alicyclic amines) is 1. The molecule has 1 fully saturated rings. The first-order chi connectivity index (χ1) is 11.1. The Bertz CT molecular complexity index is 792. The Morgan fingerprint density at radius 3 is 3.04 bits per heavy atom. The van der Waals surface area contributed by atoms with Crippen LogP contribution in [-0.4, -0.2) is 39.7 Å². The van der Waals surface area contributed by atoms with Gasteiger partial charge in [-0.2, -0.15) is 0 Å². The average Bonchev–Trinajstić information content (AvgIpc) is 2.86. The van der Waals surface area contributed by atoms with E-state index in [1.165, 1.54) is 22.0 Å². The highest BCUT2D eigenvalue weighted by Crippen LogP contribution is 2.45. The van der Waals surface area contributed by atoms with E-state index in [1.54, 1.807) is 0 Å². The van der Waals surface area contributed by atoms with Gasteiger partial charge in [-0.15, -0.1) is 6.58 Å². The number of piperidine rings is 1. The molecule has 1 aliphatic heterocycles. The maximum Gasteiger partial charge on any atom is 0.307 e. The molecule has 1 N–H and O–H groups in total. The Kier molecular flexibility index (Phi) is 3.31. The fourth-order valence-corrected chi connectivity index (χ4v) is 4.63. The Hall–Kier alpha value is -2.07. The van der Waals surface area contributed by atoms with Crippen molar-refractivity contribution in [2.45, 2.75) is 24.8 Å². The molecule has 120 valence electrons. The maximum absolute atomic E-state index is 11.6. The monoisotopic (exact) mass is 310 g/mol. The molecule has 0 radical (unpaired) electrons. The van der Waals surface area contributed by atoms with Crippen LogP contribution in [0.2, 0.25) is 0 Å². The average molecular weight is 310 g/mol. The molecule has 1 aliphatic carbocycles. The fourth-order valence-electron chi connectivity index (χ4n) is 4.63. The summed E-state index contributed by atoms with van der Waals surface area (Å²) < 4.78 is 2.19. The van der Waals surface area contributed by atoms with Crippen LogP contribution >= 0.6 is 0 Å². The van der Waals surface area contributed by atoms with Gasteiger partial charge in [0.15, 0.2) is 0 Å². The van der Waals surface area contributed by atoms with Crippen LogP contribution in [0, 0.1) is 5.92 Å². The standard InChI is InChI=1S/C19H22N2O2/c1-3-7-21-11-13(19(22)23)8-15-14-5-4-6-16-18(14)12(9-17(15)21)10-20(16)2/h3-6,10,13,15,17H,1,7-9,11H2,2H3,(H,22,23)/t13?,15-,17-/m1/s1. The van der Waals surface area contributed by atoms with Crippen LogP contribution in [-0.2, 0) is 18.3 Å². The van der Waals surface area contributed by atoms with Crippen LogP contribution in [0.1, 0.15) is 23.5 Å². The van der Waals surface area contributed by atoms with Crippen LogP contribution in [0.3, 0.4) is 0 Å². The van der Waals surface area contributed by atoms with Crippen LogP contribution in [0.5, 0.6) is 0 Å². The van der Waals surface area contributed by atoms with Gasteiger partial charge in [-0.3, -0.25) is 9.69 Å². The van der Waals surface area contributed by atoms with Crippen molar-refractivity contribution in [1.82, 2.24) is 9.47 Å². The van der Waals surface area contributed by atoms with Crippen molar-refractivity contribution < 1.29 is 9.90 Å².